The lowest BCUT2D eigenvalue weighted by Gasteiger charge is -2.42. The summed E-state index contributed by atoms with van der Waals surface area (Å²) in [4.78, 5) is 18.0. The molecule has 6 heterocycles. The van der Waals surface area contributed by atoms with E-state index in [2.05, 4.69) is 37.7 Å². The number of halogens is 1. The summed E-state index contributed by atoms with van der Waals surface area (Å²) in [7, 11) is 2.22. The lowest BCUT2D eigenvalue weighted by molar-refractivity contribution is 0.0654. The molecule has 7 rings (SSSR count). The quantitative estimate of drug-likeness (QED) is 0.424. The normalized spacial score (nSPS) is 20.9. The van der Waals surface area contributed by atoms with Gasteiger partial charge in [-0.2, -0.15) is 9.61 Å². The standard InChI is InChI=1S/C29H37FN8O/c1-34-10-12-36(13-11-34)22-5-8-35(9-6-22)20-21-18-27-32-26(29-23-4-7-31-25(23)3-2-24(29)30)19-28(38(27)33-21)37-14-16-39-17-15-37/h2-4,7,18-19,22,31H,5-6,8-17,20H2,1H3. The number of nitrogens with one attached hydrogen (secondary N) is 1. The largest absolute Gasteiger partial charge is 0.378 e. The first-order valence-corrected chi connectivity index (χ1v) is 14.3. The van der Waals surface area contributed by atoms with Gasteiger partial charge in [-0.15, -0.1) is 0 Å². The van der Waals surface area contributed by atoms with Gasteiger partial charge in [-0.3, -0.25) is 9.80 Å². The first-order chi connectivity index (χ1) is 19.1. The number of piperazine rings is 1. The number of likely N-dealkylation sites (tertiary alicyclic amines) is 1. The van der Waals surface area contributed by atoms with Crippen LogP contribution in [-0.2, 0) is 11.3 Å². The van der Waals surface area contributed by atoms with E-state index in [-0.39, 0.29) is 5.82 Å². The van der Waals surface area contributed by atoms with Crippen molar-refractivity contribution in [2.24, 2.45) is 0 Å². The first kappa shape index (κ1) is 25.0. The molecule has 0 aliphatic carbocycles. The van der Waals surface area contributed by atoms with Gasteiger partial charge in [0.25, 0.3) is 0 Å². The molecule has 0 amide bonds. The predicted molar refractivity (Wildman–Crippen MR) is 151 cm³/mol. The van der Waals surface area contributed by atoms with Gasteiger partial charge < -0.3 is 19.5 Å². The lowest BCUT2D eigenvalue weighted by Crippen LogP contribution is -2.52. The molecule has 0 atom stereocenters. The van der Waals surface area contributed by atoms with E-state index in [0.29, 0.717) is 30.5 Å². The van der Waals surface area contributed by atoms with Gasteiger partial charge >= 0.3 is 0 Å². The minimum absolute atomic E-state index is 0.269. The molecule has 0 radical (unpaired) electrons. The van der Waals surface area contributed by atoms with Gasteiger partial charge in [-0.25, -0.2) is 9.37 Å². The van der Waals surface area contributed by atoms with Crippen molar-refractivity contribution in [2.45, 2.75) is 25.4 Å². The van der Waals surface area contributed by atoms with Crippen LogP contribution < -0.4 is 4.90 Å². The molecule has 1 N–H and O–H groups in total. The molecule has 3 fully saturated rings. The summed E-state index contributed by atoms with van der Waals surface area (Å²) in [6, 6.07) is 9.97. The molecule has 0 bridgehead atoms. The minimum Gasteiger partial charge on any atom is -0.378 e. The molecular weight excluding hydrogens is 495 g/mol. The number of ether oxygens (including phenoxy) is 1. The van der Waals surface area contributed by atoms with Crippen LogP contribution in [0, 0.1) is 5.82 Å². The highest BCUT2D eigenvalue weighted by molar-refractivity contribution is 5.95. The maximum Gasteiger partial charge on any atom is 0.158 e. The number of benzene rings is 1. The van der Waals surface area contributed by atoms with Crippen LogP contribution in [0.5, 0.6) is 0 Å². The zero-order chi connectivity index (χ0) is 26.3. The molecule has 3 aliphatic heterocycles. The third kappa shape index (κ3) is 4.91. The summed E-state index contributed by atoms with van der Waals surface area (Å²) in [5, 5.41) is 5.86. The van der Waals surface area contributed by atoms with E-state index in [1.807, 2.05) is 22.8 Å². The van der Waals surface area contributed by atoms with E-state index in [1.165, 1.54) is 45.1 Å². The zero-order valence-electron chi connectivity index (χ0n) is 22.7. The third-order valence-corrected chi connectivity index (χ3v) is 8.73. The number of anilines is 1. The molecule has 3 aromatic heterocycles. The van der Waals surface area contributed by atoms with E-state index >= 15 is 4.39 Å². The second kappa shape index (κ2) is 10.5. The average Bonchev–Trinajstić information content (AvgIpc) is 3.60. The second-order valence-electron chi connectivity index (χ2n) is 11.2. The van der Waals surface area contributed by atoms with Gasteiger partial charge in [0.1, 0.15) is 11.6 Å². The number of aromatic nitrogens is 4. The molecule has 10 heteroatoms. The van der Waals surface area contributed by atoms with Crippen molar-refractivity contribution in [3.8, 4) is 11.3 Å². The highest BCUT2D eigenvalue weighted by Crippen LogP contribution is 2.33. The van der Waals surface area contributed by atoms with Crippen molar-refractivity contribution in [3.63, 3.8) is 0 Å². The topological polar surface area (TPSA) is 68.2 Å². The number of piperidine rings is 1. The van der Waals surface area contributed by atoms with Gasteiger partial charge in [0.2, 0.25) is 0 Å². The predicted octanol–water partition coefficient (Wildman–Crippen LogP) is 3.07. The number of hydrogen-bond acceptors (Lipinski definition) is 7. The van der Waals surface area contributed by atoms with Crippen LogP contribution in [0.15, 0.2) is 36.5 Å². The van der Waals surface area contributed by atoms with Crippen molar-refractivity contribution < 1.29 is 9.13 Å². The summed E-state index contributed by atoms with van der Waals surface area (Å²) in [6.45, 7) is 10.5. The summed E-state index contributed by atoms with van der Waals surface area (Å²) < 4.78 is 22.8. The number of likely N-dealkylation sites (N-methyl/N-ethyl adjacent to an activating group) is 1. The van der Waals surface area contributed by atoms with E-state index in [0.717, 1.165) is 60.8 Å². The van der Waals surface area contributed by atoms with Gasteiger partial charge in [0.05, 0.1) is 24.6 Å². The Labute approximate surface area is 228 Å². The number of aromatic amines is 1. The van der Waals surface area contributed by atoms with Gasteiger partial charge in [0.15, 0.2) is 5.65 Å². The minimum atomic E-state index is -0.269. The highest BCUT2D eigenvalue weighted by Gasteiger charge is 2.27. The molecule has 1 aromatic carbocycles. The van der Waals surface area contributed by atoms with E-state index in [1.54, 1.807) is 6.07 Å². The lowest BCUT2D eigenvalue weighted by atomic mass is 10.0. The maximum atomic E-state index is 15.2. The Morgan fingerprint density at radius 1 is 0.974 bits per heavy atom. The number of H-pyrrole nitrogens is 1. The maximum absolute atomic E-state index is 15.2. The van der Waals surface area contributed by atoms with Crippen LogP contribution in [0.3, 0.4) is 0 Å². The van der Waals surface area contributed by atoms with E-state index in [9.17, 15) is 0 Å². The Morgan fingerprint density at radius 3 is 2.56 bits per heavy atom. The van der Waals surface area contributed by atoms with Crippen molar-refractivity contribution in [1.29, 1.82) is 0 Å². The Kier molecular flexibility index (Phi) is 6.72. The van der Waals surface area contributed by atoms with Crippen LogP contribution in [0.25, 0.3) is 27.8 Å². The first-order valence-electron chi connectivity index (χ1n) is 14.3. The van der Waals surface area contributed by atoms with E-state index in [4.69, 9.17) is 14.8 Å². The van der Waals surface area contributed by atoms with Crippen LogP contribution >= 0.6 is 0 Å². The Bertz CT molecular complexity index is 1440. The van der Waals surface area contributed by atoms with Crippen LogP contribution in [0.2, 0.25) is 0 Å². The van der Waals surface area contributed by atoms with Crippen molar-refractivity contribution in [2.75, 3.05) is 77.5 Å². The highest BCUT2D eigenvalue weighted by atomic mass is 19.1. The molecule has 3 saturated heterocycles. The van der Waals surface area contributed by atoms with Gasteiger partial charge in [-0.05, 0) is 38.1 Å². The summed E-state index contributed by atoms with van der Waals surface area (Å²) in [5.74, 6) is 0.667. The molecule has 0 saturated carbocycles. The monoisotopic (exact) mass is 532 g/mol. The molecule has 4 aromatic rings. The summed E-state index contributed by atoms with van der Waals surface area (Å²) >= 11 is 0. The smallest absolute Gasteiger partial charge is 0.158 e. The third-order valence-electron chi connectivity index (χ3n) is 8.73. The summed E-state index contributed by atoms with van der Waals surface area (Å²) in [6.07, 6.45) is 4.26. The van der Waals surface area contributed by atoms with Gasteiger partial charge in [-0.1, -0.05) is 0 Å². The van der Waals surface area contributed by atoms with Crippen LogP contribution in [0.1, 0.15) is 18.5 Å². The number of rotatable bonds is 5. The fraction of sp³-hybridized carbons (Fsp3) is 0.517. The molecule has 0 unspecified atom stereocenters. The second-order valence-corrected chi connectivity index (χ2v) is 11.2. The van der Waals surface area contributed by atoms with Gasteiger partial charge in [0, 0.05) is 99.7 Å². The molecular formula is C29H37FN8O. The SMILES string of the molecule is CN1CCN(C2CCN(Cc3cc4nc(-c5c(F)ccc6[nH]ccc56)cc(N5CCOCC5)n4n3)CC2)CC1. The van der Waals surface area contributed by atoms with E-state index < -0.39 is 0 Å². The van der Waals surface area contributed by atoms with Crippen molar-refractivity contribution >= 4 is 22.4 Å². The summed E-state index contributed by atoms with van der Waals surface area (Å²) in [5.41, 5.74) is 3.82. The molecule has 3 aliphatic rings. The fourth-order valence-corrected chi connectivity index (χ4v) is 6.45. The fourth-order valence-electron chi connectivity index (χ4n) is 6.45. The molecule has 0 spiro atoms. The van der Waals surface area contributed by atoms with Crippen LogP contribution in [0.4, 0.5) is 10.2 Å². The Morgan fingerprint density at radius 2 is 1.77 bits per heavy atom. The number of fused-ring (bicyclic) bond motifs is 2. The zero-order valence-corrected chi connectivity index (χ0v) is 22.7. The van der Waals surface area contributed by atoms with Crippen LogP contribution in [-0.4, -0.2) is 113 Å². The molecule has 9 nitrogen and oxygen atoms in total. The molecule has 39 heavy (non-hydrogen) atoms. The number of morpholine rings is 1. The number of hydrogen-bond donors (Lipinski definition) is 1. The van der Waals surface area contributed by atoms with Crippen molar-refractivity contribution in [3.05, 3.63) is 48.0 Å². The average molecular weight is 533 g/mol. The Balaban J connectivity index is 1.17. The molecule has 206 valence electrons. The van der Waals surface area contributed by atoms with Crippen molar-refractivity contribution in [1.82, 2.24) is 34.3 Å². The number of nitrogens with zero attached hydrogens (tertiary/aromatic N) is 7. The Hall–Kier alpha value is -3.05.